The van der Waals surface area contributed by atoms with Crippen molar-refractivity contribution < 1.29 is 19.1 Å². The lowest BCUT2D eigenvalue weighted by atomic mass is 10.1. The summed E-state index contributed by atoms with van der Waals surface area (Å²) in [4.78, 5) is 24.9. The van der Waals surface area contributed by atoms with Gasteiger partial charge < -0.3 is 14.8 Å². The Bertz CT molecular complexity index is 804. The second-order valence-electron chi connectivity index (χ2n) is 7.08. The number of hydrogen-bond acceptors (Lipinski definition) is 4. The standard InChI is InChI=1S/C22H25NO4/c1-14-11-15(2)20(16(3)12-14)26-13-19(24)27-21(17-7-5-4-6-8-17)22(25)23-18-9-10-18/h4-8,11-12,18,21H,9-10,13H2,1-3H3,(H,23,25)/t21-/m0/s1. The zero-order valence-corrected chi connectivity index (χ0v) is 16.0. The third kappa shape index (κ3) is 5.09. The molecule has 1 amide bonds. The van der Waals surface area contributed by atoms with Crippen molar-refractivity contribution in [3.8, 4) is 5.75 Å². The molecule has 0 unspecified atom stereocenters. The molecule has 27 heavy (non-hydrogen) atoms. The molecule has 5 nitrogen and oxygen atoms in total. The van der Waals surface area contributed by atoms with Crippen molar-refractivity contribution in [2.45, 2.75) is 45.8 Å². The average Bonchev–Trinajstić information content (AvgIpc) is 3.43. The Morgan fingerprint density at radius 2 is 1.70 bits per heavy atom. The van der Waals surface area contributed by atoms with Gasteiger partial charge in [-0.2, -0.15) is 0 Å². The van der Waals surface area contributed by atoms with Crippen molar-refractivity contribution in [1.29, 1.82) is 0 Å². The molecule has 0 aromatic heterocycles. The Morgan fingerprint density at radius 3 is 2.30 bits per heavy atom. The predicted octanol–water partition coefficient (Wildman–Crippen LogP) is 3.55. The van der Waals surface area contributed by atoms with Crippen molar-refractivity contribution in [2.75, 3.05) is 6.61 Å². The van der Waals surface area contributed by atoms with Gasteiger partial charge in [0.15, 0.2) is 6.61 Å². The third-order valence-electron chi connectivity index (χ3n) is 4.45. The lowest BCUT2D eigenvalue weighted by Gasteiger charge is -2.19. The quantitative estimate of drug-likeness (QED) is 0.760. The second kappa shape index (κ2) is 8.25. The van der Waals surface area contributed by atoms with Gasteiger partial charge in [0.1, 0.15) is 5.75 Å². The zero-order valence-electron chi connectivity index (χ0n) is 16.0. The summed E-state index contributed by atoms with van der Waals surface area (Å²) in [5.41, 5.74) is 3.71. The molecule has 1 atom stereocenters. The Kier molecular flexibility index (Phi) is 5.79. The summed E-state index contributed by atoms with van der Waals surface area (Å²) in [5, 5.41) is 2.90. The first kappa shape index (κ1) is 19.0. The lowest BCUT2D eigenvalue weighted by Crippen LogP contribution is -2.34. The molecule has 1 aliphatic rings. The van der Waals surface area contributed by atoms with E-state index in [0.717, 1.165) is 29.5 Å². The van der Waals surface area contributed by atoms with E-state index in [2.05, 4.69) is 5.32 Å². The molecule has 1 N–H and O–H groups in total. The topological polar surface area (TPSA) is 64.6 Å². The molecule has 5 heteroatoms. The molecule has 0 aliphatic heterocycles. The van der Waals surface area contributed by atoms with Crippen LogP contribution in [0.2, 0.25) is 0 Å². The minimum atomic E-state index is -0.969. The van der Waals surface area contributed by atoms with E-state index in [-0.39, 0.29) is 18.6 Å². The smallest absolute Gasteiger partial charge is 0.345 e. The minimum absolute atomic E-state index is 0.191. The fraction of sp³-hybridized carbons (Fsp3) is 0.364. The van der Waals surface area contributed by atoms with Gasteiger partial charge >= 0.3 is 5.97 Å². The molecule has 0 radical (unpaired) electrons. The van der Waals surface area contributed by atoms with Gasteiger partial charge in [-0.15, -0.1) is 0 Å². The van der Waals surface area contributed by atoms with Gasteiger partial charge in [-0.05, 0) is 44.7 Å². The van der Waals surface area contributed by atoms with Crippen LogP contribution in [0.5, 0.6) is 5.75 Å². The highest BCUT2D eigenvalue weighted by Gasteiger charge is 2.30. The Labute approximate surface area is 159 Å². The summed E-state index contributed by atoms with van der Waals surface area (Å²) in [6.07, 6.45) is 0.968. The highest BCUT2D eigenvalue weighted by Crippen LogP contribution is 2.26. The number of carbonyl (C=O) groups excluding carboxylic acids is 2. The summed E-state index contributed by atoms with van der Waals surface area (Å²) < 4.78 is 11.2. The number of ether oxygens (including phenoxy) is 2. The number of benzene rings is 2. The Morgan fingerprint density at radius 1 is 1.07 bits per heavy atom. The number of rotatable bonds is 7. The van der Waals surface area contributed by atoms with Crippen LogP contribution in [0.4, 0.5) is 0 Å². The van der Waals surface area contributed by atoms with Gasteiger partial charge in [-0.3, -0.25) is 4.79 Å². The van der Waals surface area contributed by atoms with Crippen LogP contribution in [0, 0.1) is 20.8 Å². The highest BCUT2D eigenvalue weighted by atomic mass is 16.6. The van der Waals surface area contributed by atoms with E-state index < -0.39 is 12.1 Å². The molecule has 0 saturated heterocycles. The van der Waals surface area contributed by atoms with Crippen molar-refractivity contribution in [1.82, 2.24) is 5.32 Å². The number of aryl methyl sites for hydroxylation is 3. The second-order valence-corrected chi connectivity index (χ2v) is 7.08. The normalized spacial score (nSPS) is 14.3. The molecular weight excluding hydrogens is 342 g/mol. The van der Waals surface area contributed by atoms with Crippen LogP contribution >= 0.6 is 0 Å². The van der Waals surface area contributed by atoms with Crippen LogP contribution in [-0.4, -0.2) is 24.5 Å². The van der Waals surface area contributed by atoms with E-state index >= 15 is 0 Å². The van der Waals surface area contributed by atoms with Gasteiger partial charge in [0.05, 0.1) is 0 Å². The monoisotopic (exact) mass is 367 g/mol. The van der Waals surface area contributed by atoms with Crippen LogP contribution in [0.15, 0.2) is 42.5 Å². The van der Waals surface area contributed by atoms with Crippen molar-refractivity contribution in [3.05, 3.63) is 64.7 Å². The Balaban J connectivity index is 1.66. The van der Waals surface area contributed by atoms with Crippen LogP contribution < -0.4 is 10.1 Å². The molecule has 0 heterocycles. The van der Waals surface area contributed by atoms with Crippen LogP contribution in [-0.2, 0) is 14.3 Å². The molecule has 1 aliphatic carbocycles. The van der Waals surface area contributed by atoms with Gasteiger partial charge in [-0.1, -0.05) is 48.0 Å². The number of hydrogen-bond donors (Lipinski definition) is 1. The average molecular weight is 367 g/mol. The number of amides is 1. The van der Waals surface area contributed by atoms with E-state index in [1.165, 1.54) is 0 Å². The summed E-state index contributed by atoms with van der Waals surface area (Å²) in [7, 11) is 0. The van der Waals surface area contributed by atoms with E-state index in [4.69, 9.17) is 9.47 Å². The van der Waals surface area contributed by atoms with E-state index in [1.807, 2.05) is 51.1 Å². The van der Waals surface area contributed by atoms with Gasteiger partial charge in [0.2, 0.25) is 6.10 Å². The van der Waals surface area contributed by atoms with Gasteiger partial charge in [0, 0.05) is 11.6 Å². The van der Waals surface area contributed by atoms with Crippen molar-refractivity contribution in [3.63, 3.8) is 0 Å². The van der Waals surface area contributed by atoms with Crippen LogP contribution in [0.1, 0.15) is 41.2 Å². The molecule has 2 aromatic carbocycles. The zero-order chi connectivity index (χ0) is 19.4. The molecular formula is C22H25NO4. The minimum Gasteiger partial charge on any atom is -0.481 e. The maximum absolute atomic E-state index is 12.5. The molecule has 0 spiro atoms. The van der Waals surface area contributed by atoms with Crippen molar-refractivity contribution in [2.24, 2.45) is 0 Å². The first-order valence-electron chi connectivity index (χ1n) is 9.19. The molecule has 1 saturated carbocycles. The van der Waals surface area contributed by atoms with Crippen molar-refractivity contribution >= 4 is 11.9 Å². The first-order valence-corrected chi connectivity index (χ1v) is 9.19. The van der Waals surface area contributed by atoms with E-state index in [1.54, 1.807) is 12.1 Å². The molecule has 1 fully saturated rings. The molecule has 2 aromatic rings. The lowest BCUT2D eigenvalue weighted by molar-refractivity contribution is -0.158. The number of esters is 1. The summed E-state index contributed by atoms with van der Waals surface area (Å²) in [5.74, 6) is -0.190. The number of carbonyl (C=O) groups is 2. The van der Waals surface area contributed by atoms with Crippen LogP contribution in [0.3, 0.4) is 0 Å². The largest absolute Gasteiger partial charge is 0.481 e. The van der Waals surface area contributed by atoms with E-state index in [0.29, 0.717) is 11.3 Å². The van der Waals surface area contributed by atoms with Gasteiger partial charge in [0.25, 0.3) is 5.91 Å². The Hall–Kier alpha value is -2.82. The SMILES string of the molecule is Cc1cc(C)c(OCC(=O)O[C@H](C(=O)NC2CC2)c2ccccc2)c(C)c1. The summed E-state index contributed by atoms with van der Waals surface area (Å²) >= 11 is 0. The molecule has 142 valence electrons. The number of nitrogens with one attached hydrogen (secondary N) is 1. The van der Waals surface area contributed by atoms with E-state index in [9.17, 15) is 9.59 Å². The maximum Gasteiger partial charge on any atom is 0.345 e. The third-order valence-corrected chi connectivity index (χ3v) is 4.45. The molecule has 3 rings (SSSR count). The highest BCUT2D eigenvalue weighted by molar-refractivity contribution is 5.85. The summed E-state index contributed by atoms with van der Waals surface area (Å²) in [6.45, 7) is 5.65. The maximum atomic E-state index is 12.5. The fourth-order valence-corrected chi connectivity index (χ4v) is 3.10. The fourth-order valence-electron chi connectivity index (χ4n) is 3.10. The summed E-state index contributed by atoms with van der Waals surface area (Å²) in [6, 6.07) is 13.2. The molecule has 0 bridgehead atoms. The predicted molar refractivity (Wildman–Crippen MR) is 103 cm³/mol. The first-order chi connectivity index (χ1) is 12.9. The van der Waals surface area contributed by atoms with Gasteiger partial charge in [-0.25, -0.2) is 4.79 Å². The van der Waals surface area contributed by atoms with Crippen LogP contribution in [0.25, 0.3) is 0 Å².